The molecule has 10 heavy (non-hydrogen) atoms. The second-order valence-electron chi connectivity index (χ2n) is 2.87. The lowest BCUT2D eigenvalue weighted by atomic mass is 9.98. The molecule has 2 nitrogen and oxygen atoms in total. The van der Waals surface area contributed by atoms with Crippen LogP contribution in [0.2, 0.25) is 0 Å². The van der Waals surface area contributed by atoms with Gasteiger partial charge in [-0.2, -0.15) is 0 Å². The van der Waals surface area contributed by atoms with E-state index >= 15 is 0 Å². The summed E-state index contributed by atoms with van der Waals surface area (Å²) in [6.45, 7) is 0. The molecule has 56 valence electrons. The van der Waals surface area contributed by atoms with Crippen molar-refractivity contribution in [3.05, 3.63) is 0 Å². The van der Waals surface area contributed by atoms with Crippen LogP contribution in [0.5, 0.6) is 0 Å². The largest absolute Gasteiger partial charge is 0.303 e. The fourth-order valence-corrected chi connectivity index (χ4v) is 1.26. The predicted octanol–water partition coefficient (Wildman–Crippen LogP) is 2.38. The Hall–Kier alpha value is -0.660. The van der Waals surface area contributed by atoms with Crippen molar-refractivity contribution in [1.82, 2.24) is 0 Å². The van der Waals surface area contributed by atoms with Crippen LogP contribution in [0.25, 0.3) is 0 Å². The van der Waals surface area contributed by atoms with Crippen molar-refractivity contribution >= 4 is 11.4 Å². The first-order valence-electron chi connectivity index (χ1n) is 3.96. The number of rotatable bonds is 0. The third kappa shape index (κ3) is 1.94. The molecule has 0 bridgehead atoms. The second kappa shape index (κ2) is 3.49. The molecule has 2 N–H and O–H groups in total. The lowest BCUT2D eigenvalue weighted by Crippen LogP contribution is -2.13. The summed E-state index contributed by atoms with van der Waals surface area (Å²) >= 11 is 0. The molecule has 0 unspecified atom stereocenters. The number of hydrogen-bond donors (Lipinski definition) is 2. The molecule has 0 aromatic rings. The average Bonchev–Trinajstić information content (AvgIpc) is 1.92. The van der Waals surface area contributed by atoms with E-state index in [9.17, 15) is 0 Å². The SMILES string of the molecule is N=C1CCCCCCC1=N. The van der Waals surface area contributed by atoms with E-state index in [4.69, 9.17) is 10.8 Å². The Labute approximate surface area is 61.7 Å². The maximum Gasteiger partial charge on any atom is 0.0521 e. The summed E-state index contributed by atoms with van der Waals surface area (Å²) in [5.41, 5.74) is 1.14. The quantitative estimate of drug-likeness (QED) is 0.516. The molecular weight excluding hydrogens is 124 g/mol. The van der Waals surface area contributed by atoms with Gasteiger partial charge >= 0.3 is 0 Å². The van der Waals surface area contributed by atoms with Gasteiger partial charge in [0.25, 0.3) is 0 Å². The second-order valence-corrected chi connectivity index (χ2v) is 2.87. The van der Waals surface area contributed by atoms with Crippen LogP contribution in [0.4, 0.5) is 0 Å². The van der Waals surface area contributed by atoms with Crippen LogP contribution in [0, 0.1) is 10.8 Å². The molecule has 1 aliphatic carbocycles. The van der Waals surface area contributed by atoms with Gasteiger partial charge in [-0.1, -0.05) is 12.8 Å². The molecule has 1 rings (SSSR count). The molecule has 0 spiro atoms. The van der Waals surface area contributed by atoms with Crippen LogP contribution in [0.15, 0.2) is 0 Å². The molecule has 0 saturated heterocycles. The van der Waals surface area contributed by atoms with E-state index in [0.717, 1.165) is 25.7 Å². The van der Waals surface area contributed by atoms with Gasteiger partial charge < -0.3 is 10.8 Å². The Morgan fingerprint density at radius 3 is 1.50 bits per heavy atom. The summed E-state index contributed by atoms with van der Waals surface area (Å²) in [7, 11) is 0. The van der Waals surface area contributed by atoms with Crippen molar-refractivity contribution in [2.75, 3.05) is 0 Å². The highest BCUT2D eigenvalue weighted by Crippen LogP contribution is 2.11. The summed E-state index contributed by atoms with van der Waals surface area (Å²) in [4.78, 5) is 0. The molecular formula is C8H14N2. The van der Waals surface area contributed by atoms with Crippen molar-refractivity contribution in [3.8, 4) is 0 Å². The van der Waals surface area contributed by atoms with Gasteiger partial charge in [0.15, 0.2) is 0 Å². The topological polar surface area (TPSA) is 47.7 Å². The van der Waals surface area contributed by atoms with E-state index in [1.165, 1.54) is 12.8 Å². The van der Waals surface area contributed by atoms with Gasteiger partial charge in [0.1, 0.15) is 0 Å². The summed E-state index contributed by atoms with van der Waals surface area (Å²) in [5, 5.41) is 14.8. The van der Waals surface area contributed by atoms with Crippen molar-refractivity contribution in [1.29, 1.82) is 10.8 Å². The van der Waals surface area contributed by atoms with Gasteiger partial charge in [-0.05, 0) is 25.7 Å². The minimum atomic E-state index is 0.569. The zero-order valence-corrected chi connectivity index (χ0v) is 6.24. The number of nitrogens with one attached hydrogen (secondary N) is 2. The maximum atomic E-state index is 7.41. The van der Waals surface area contributed by atoms with E-state index in [-0.39, 0.29) is 0 Å². The van der Waals surface area contributed by atoms with Crippen LogP contribution in [0.3, 0.4) is 0 Å². The first kappa shape index (κ1) is 7.45. The highest BCUT2D eigenvalue weighted by atomic mass is 14.5. The molecule has 0 heterocycles. The molecule has 1 fully saturated rings. The highest BCUT2D eigenvalue weighted by molar-refractivity contribution is 6.39. The summed E-state index contributed by atoms with van der Waals surface area (Å²) < 4.78 is 0. The van der Waals surface area contributed by atoms with Gasteiger partial charge in [0.05, 0.1) is 11.4 Å². The van der Waals surface area contributed by atoms with Crippen molar-refractivity contribution in [2.45, 2.75) is 38.5 Å². The average molecular weight is 138 g/mol. The minimum Gasteiger partial charge on any atom is -0.303 e. The van der Waals surface area contributed by atoms with Crippen LogP contribution in [-0.4, -0.2) is 11.4 Å². The van der Waals surface area contributed by atoms with Crippen molar-refractivity contribution < 1.29 is 0 Å². The molecule has 0 aliphatic heterocycles. The van der Waals surface area contributed by atoms with Crippen molar-refractivity contribution in [2.24, 2.45) is 0 Å². The Kier molecular flexibility index (Phi) is 2.60. The first-order valence-corrected chi connectivity index (χ1v) is 3.96. The van der Waals surface area contributed by atoms with Crippen LogP contribution >= 0.6 is 0 Å². The van der Waals surface area contributed by atoms with Gasteiger partial charge in [-0.15, -0.1) is 0 Å². The lowest BCUT2D eigenvalue weighted by Gasteiger charge is -2.09. The van der Waals surface area contributed by atoms with Crippen molar-refractivity contribution in [3.63, 3.8) is 0 Å². The minimum absolute atomic E-state index is 0.569. The lowest BCUT2D eigenvalue weighted by molar-refractivity contribution is 0.657. The molecule has 0 amide bonds. The predicted molar refractivity (Wildman–Crippen MR) is 43.2 cm³/mol. The van der Waals surface area contributed by atoms with Crippen LogP contribution in [-0.2, 0) is 0 Å². The van der Waals surface area contributed by atoms with Gasteiger partial charge in [0.2, 0.25) is 0 Å². The Morgan fingerprint density at radius 2 is 1.10 bits per heavy atom. The maximum absolute atomic E-state index is 7.41. The third-order valence-electron chi connectivity index (χ3n) is 1.97. The van der Waals surface area contributed by atoms with E-state index in [1.54, 1.807) is 0 Å². The first-order chi connectivity index (χ1) is 4.80. The van der Waals surface area contributed by atoms with Gasteiger partial charge in [-0.3, -0.25) is 0 Å². The van der Waals surface area contributed by atoms with E-state index < -0.39 is 0 Å². The molecule has 0 aromatic carbocycles. The van der Waals surface area contributed by atoms with Gasteiger partial charge in [0, 0.05) is 0 Å². The molecule has 0 radical (unpaired) electrons. The van der Waals surface area contributed by atoms with Crippen LogP contribution in [0.1, 0.15) is 38.5 Å². The van der Waals surface area contributed by atoms with Crippen LogP contribution < -0.4 is 0 Å². The fourth-order valence-electron chi connectivity index (χ4n) is 1.26. The molecule has 0 atom stereocenters. The molecule has 2 heteroatoms. The standard InChI is InChI=1S/C8H14N2/c9-7-5-3-1-2-4-6-8(7)10/h9-10H,1-6H2. The highest BCUT2D eigenvalue weighted by Gasteiger charge is 2.07. The number of hydrogen-bond acceptors (Lipinski definition) is 2. The molecule has 1 saturated carbocycles. The smallest absolute Gasteiger partial charge is 0.0521 e. The summed E-state index contributed by atoms with van der Waals surface area (Å²) in [6.07, 6.45) is 6.38. The van der Waals surface area contributed by atoms with Gasteiger partial charge in [-0.25, -0.2) is 0 Å². The Balaban J connectivity index is 2.43. The summed E-state index contributed by atoms with van der Waals surface area (Å²) in [5.74, 6) is 0. The zero-order valence-electron chi connectivity index (χ0n) is 6.24. The normalized spacial score (nSPS) is 22.0. The monoisotopic (exact) mass is 138 g/mol. The summed E-state index contributed by atoms with van der Waals surface area (Å²) in [6, 6.07) is 0. The van der Waals surface area contributed by atoms with E-state index in [2.05, 4.69) is 0 Å². The Morgan fingerprint density at radius 1 is 0.700 bits per heavy atom. The third-order valence-corrected chi connectivity index (χ3v) is 1.97. The Bertz CT molecular complexity index is 131. The molecule has 1 aliphatic rings. The van der Waals surface area contributed by atoms with E-state index in [1.807, 2.05) is 0 Å². The molecule has 0 aromatic heterocycles. The van der Waals surface area contributed by atoms with E-state index in [0.29, 0.717) is 11.4 Å². The fraction of sp³-hybridized carbons (Fsp3) is 0.750. The zero-order chi connectivity index (χ0) is 7.40.